The molecule has 0 spiro atoms. The predicted molar refractivity (Wildman–Crippen MR) is 111 cm³/mol. The van der Waals surface area contributed by atoms with Gasteiger partial charge in [-0.25, -0.2) is 0 Å². The summed E-state index contributed by atoms with van der Waals surface area (Å²) in [5.41, 5.74) is 0. The molecule has 0 unspecified atom stereocenters. The lowest BCUT2D eigenvalue weighted by atomic mass is 10.0. The van der Waals surface area contributed by atoms with Gasteiger partial charge >= 0.3 is 0 Å². The molecule has 1 rings (SSSR count). The lowest BCUT2D eigenvalue weighted by Crippen LogP contribution is -2.50. The molecule has 1 heterocycles. The second-order valence-corrected chi connectivity index (χ2v) is 7.62. The van der Waals surface area contributed by atoms with Gasteiger partial charge in [-0.3, -0.25) is 4.79 Å². The summed E-state index contributed by atoms with van der Waals surface area (Å²) in [6.45, 7) is 6.71. The first kappa shape index (κ1) is 27.0. The van der Waals surface area contributed by atoms with E-state index in [4.69, 9.17) is 24.1 Å². The highest BCUT2D eigenvalue weighted by molar-refractivity contribution is 5.75. The molecule has 1 saturated heterocycles. The molecule has 1 aliphatic rings. The highest BCUT2D eigenvalue weighted by Crippen LogP contribution is 2.21. The van der Waals surface area contributed by atoms with Crippen LogP contribution in [0.3, 0.4) is 0 Å². The van der Waals surface area contributed by atoms with Gasteiger partial charge in [0.05, 0.1) is 39.1 Å². The molecule has 4 atom stereocenters. The number of aliphatic hydroxyl groups is 3. The minimum Gasteiger partial charge on any atom is -0.394 e. The van der Waals surface area contributed by atoms with Crippen LogP contribution in [0.25, 0.3) is 0 Å². The standard InChI is InChI=1S/C21H39NO8/c1-16(2)6-5-9-27-12-13-28-11-8-22-19(25)7-3-4-10-29-20-14-17(24)21(26)18(15-23)30-20/h5-6,16-18,20-21,23-24,26H,3-4,7-15H2,1-2H3,(H,22,25)/b6-5+/t17-,18-,20-,21-/m1/s1. The van der Waals surface area contributed by atoms with Gasteiger partial charge in [0.1, 0.15) is 12.2 Å². The van der Waals surface area contributed by atoms with Crippen molar-refractivity contribution >= 4 is 5.91 Å². The van der Waals surface area contributed by atoms with Crippen molar-refractivity contribution in [2.75, 3.05) is 46.2 Å². The van der Waals surface area contributed by atoms with E-state index in [1.54, 1.807) is 0 Å². The lowest BCUT2D eigenvalue weighted by molar-refractivity contribution is -0.256. The quantitative estimate of drug-likeness (QED) is 0.203. The van der Waals surface area contributed by atoms with Gasteiger partial charge in [0, 0.05) is 26.0 Å². The van der Waals surface area contributed by atoms with Crippen LogP contribution in [0.4, 0.5) is 0 Å². The van der Waals surface area contributed by atoms with E-state index in [2.05, 4.69) is 25.2 Å². The number of aliphatic hydroxyl groups excluding tert-OH is 3. The Hall–Kier alpha value is -1.07. The molecule has 1 fully saturated rings. The lowest BCUT2D eigenvalue weighted by Gasteiger charge is -2.36. The molecule has 9 heteroatoms. The maximum absolute atomic E-state index is 11.8. The Morgan fingerprint density at radius 3 is 2.67 bits per heavy atom. The number of hydrogen-bond donors (Lipinski definition) is 4. The Labute approximate surface area is 179 Å². The van der Waals surface area contributed by atoms with Crippen LogP contribution in [0.15, 0.2) is 12.2 Å². The van der Waals surface area contributed by atoms with Crippen molar-refractivity contribution < 1.29 is 39.1 Å². The molecule has 9 nitrogen and oxygen atoms in total. The Kier molecular flexibility index (Phi) is 14.9. The molecule has 0 aromatic heterocycles. The van der Waals surface area contributed by atoms with Crippen LogP contribution in [0.2, 0.25) is 0 Å². The monoisotopic (exact) mass is 433 g/mol. The van der Waals surface area contributed by atoms with Crippen LogP contribution in [0, 0.1) is 5.92 Å². The largest absolute Gasteiger partial charge is 0.394 e. The zero-order valence-electron chi connectivity index (χ0n) is 18.2. The first-order valence-corrected chi connectivity index (χ1v) is 10.8. The summed E-state index contributed by atoms with van der Waals surface area (Å²) < 4.78 is 21.7. The molecule has 1 aliphatic heterocycles. The fourth-order valence-electron chi connectivity index (χ4n) is 2.83. The normalized spacial score (nSPS) is 24.6. The fourth-order valence-corrected chi connectivity index (χ4v) is 2.83. The highest BCUT2D eigenvalue weighted by Gasteiger charge is 2.36. The average molecular weight is 434 g/mol. The van der Waals surface area contributed by atoms with E-state index in [-0.39, 0.29) is 18.9 Å². The summed E-state index contributed by atoms with van der Waals surface area (Å²) in [6, 6.07) is 0. The zero-order chi connectivity index (χ0) is 22.2. The molecule has 0 bridgehead atoms. The van der Waals surface area contributed by atoms with Gasteiger partial charge in [-0.15, -0.1) is 0 Å². The zero-order valence-corrected chi connectivity index (χ0v) is 18.2. The second kappa shape index (κ2) is 16.6. The van der Waals surface area contributed by atoms with E-state index in [1.807, 2.05) is 6.08 Å². The summed E-state index contributed by atoms with van der Waals surface area (Å²) in [6.07, 6.45) is 2.34. The van der Waals surface area contributed by atoms with Crippen LogP contribution in [-0.4, -0.2) is 92.0 Å². The van der Waals surface area contributed by atoms with Crippen molar-refractivity contribution in [2.24, 2.45) is 5.92 Å². The van der Waals surface area contributed by atoms with E-state index in [0.717, 1.165) is 0 Å². The smallest absolute Gasteiger partial charge is 0.220 e. The van der Waals surface area contributed by atoms with E-state index < -0.39 is 24.6 Å². The first-order valence-electron chi connectivity index (χ1n) is 10.8. The van der Waals surface area contributed by atoms with Gasteiger partial charge < -0.3 is 39.6 Å². The van der Waals surface area contributed by atoms with Crippen molar-refractivity contribution in [1.29, 1.82) is 0 Å². The van der Waals surface area contributed by atoms with Gasteiger partial charge in [-0.2, -0.15) is 0 Å². The average Bonchev–Trinajstić information content (AvgIpc) is 2.71. The van der Waals surface area contributed by atoms with Crippen LogP contribution in [-0.2, 0) is 23.7 Å². The SMILES string of the molecule is CC(C)/C=C/COCCOCCNC(=O)CCCCO[C@H]1C[C@@H](O)[C@@H](O)[C@@H](CO)O1. The topological polar surface area (TPSA) is 127 Å². The third kappa shape index (κ3) is 12.6. The van der Waals surface area contributed by atoms with Crippen LogP contribution in [0.5, 0.6) is 0 Å². The Balaban J connectivity index is 1.92. The molecule has 0 aromatic carbocycles. The molecule has 0 radical (unpaired) electrons. The van der Waals surface area contributed by atoms with Crippen LogP contribution < -0.4 is 5.32 Å². The molecular formula is C21H39NO8. The number of carbonyl (C=O) groups excluding carboxylic acids is 1. The van der Waals surface area contributed by atoms with Crippen molar-refractivity contribution in [3.63, 3.8) is 0 Å². The minimum absolute atomic E-state index is 0.0403. The maximum Gasteiger partial charge on any atom is 0.220 e. The van der Waals surface area contributed by atoms with Gasteiger partial charge in [0.25, 0.3) is 0 Å². The number of allylic oxidation sites excluding steroid dienone is 1. The number of hydrogen-bond acceptors (Lipinski definition) is 8. The Bertz CT molecular complexity index is 474. The summed E-state index contributed by atoms with van der Waals surface area (Å²) in [5.74, 6) is 0.483. The Morgan fingerprint density at radius 1 is 1.17 bits per heavy atom. The van der Waals surface area contributed by atoms with E-state index in [9.17, 15) is 15.0 Å². The molecule has 4 N–H and O–H groups in total. The number of carbonyl (C=O) groups is 1. The number of nitrogens with one attached hydrogen (secondary N) is 1. The number of ether oxygens (including phenoxy) is 4. The molecule has 0 saturated carbocycles. The van der Waals surface area contributed by atoms with Gasteiger partial charge in [-0.1, -0.05) is 26.0 Å². The van der Waals surface area contributed by atoms with E-state index in [0.29, 0.717) is 64.8 Å². The molecule has 176 valence electrons. The third-order valence-corrected chi connectivity index (χ3v) is 4.49. The van der Waals surface area contributed by atoms with E-state index in [1.165, 1.54) is 0 Å². The van der Waals surface area contributed by atoms with Crippen molar-refractivity contribution in [1.82, 2.24) is 5.32 Å². The summed E-state index contributed by atoms with van der Waals surface area (Å²) in [4.78, 5) is 11.8. The summed E-state index contributed by atoms with van der Waals surface area (Å²) in [7, 11) is 0. The molecule has 0 aromatic rings. The molecule has 30 heavy (non-hydrogen) atoms. The first-order chi connectivity index (χ1) is 14.4. The maximum atomic E-state index is 11.8. The molecule has 1 amide bonds. The number of unbranched alkanes of at least 4 members (excludes halogenated alkanes) is 1. The predicted octanol–water partition coefficient (Wildman–Crippen LogP) is 0.364. The summed E-state index contributed by atoms with van der Waals surface area (Å²) >= 11 is 0. The molecular weight excluding hydrogens is 394 g/mol. The van der Waals surface area contributed by atoms with Crippen molar-refractivity contribution in [2.45, 2.75) is 64.1 Å². The van der Waals surface area contributed by atoms with E-state index >= 15 is 0 Å². The second-order valence-electron chi connectivity index (χ2n) is 7.62. The molecule has 0 aliphatic carbocycles. The number of rotatable bonds is 16. The highest BCUT2D eigenvalue weighted by atomic mass is 16.7. The van der Waals surface area contributed by atoms with Gasteiger partial charge in [0.2, 0.25) is 5.91 Å². The van der Waals surface area contributed by atoms with Crippen molar-refractivity contribution in [3.8, 4) is 0 Å². The Morgan fingerprint density at radius 2 is 1.93 bits per heavy atom. The minimum atomic E-state index is -1.11. The summed E-state index contributed by atoms with van der Waals surface area (Å²) in [5, 5.41) is 31.3. The van der Waals surface area contributed by atoms with Crippen LogP contribution >= 0.6 is 0 Å². The van der Waals surface area contributed by atoms with Gasteiger partial charge in [0.15, 0.2) is 6.29 Å². The van der Waals surface area contributed by atoms with Crippen LogP contribution in [0.1, 0.15) is 39.5 Å². The fraction of sp³-hybridized carbons (Fsp3) is 0.857. The van der Waals surface area contributed by atoms with Crippen molar-refractivity contribution in [3.05, 3.63) is 12.2 Å². The third-order valence-electron chi connectivity index (χ3n) is 4.49. The van der Waals surface area contributed by atoms with Gasteiger partial charge in [-0.05, 0) is 18.8 Å². The number of amides is 1.